The van der Waals surface area contributed by atoms with E-state index in [1.807, 2.05) is 66.3 Å². The number of rotatable bonds is 6. The molecular formula is C19H27N5O. The zero-order chi connectivity index (χ0) is 17.6. The highest BCUT2D eigenvalue weighted by molar-refractivity contribution is 6.04. The van der Waals surface area contributed by atoms with Crippen molar-refractivity contribution in [3.8, 4) is 0 Å². The Morgan fingerprint density at radius 2 is 2.04 bits per heavy atom. The Labute approximate surface area is 149 Å². The number of benzene rings is 1. The van der Waals surface area contributed by atoms with Crippen LogP contribution in [0.3, 0.4) is 0 Å². The molecule has 1 atom stereocenters. The number of anilines is 1. The number of amides is 1. The fourth-order valence-corrected chi connectivity index (χ4v) is 3.11. The second-order valence-electron chi connectivity index (χ2n) is 6.78. The summed E-state index contributed by atoms with van der Waals surface area (Å²) < 4.78 is 1.94. The van der Waals surface area contributed by atoms with Crippen LogP contribution in [0.2, 0.25) is 0 Å². The molecular weight excluding hydrogens is 314 g/mol. The minimum atomic E-state index is -0.0458. The van der Waals surface area contributed by atoms with E-state index < -0.39 is 0 Å². The fourth-order valence-electron chi connectivity index (χ4n) is 3.11. The van der Waals surface area contributed by atoms with Gasteiger partial charge in [-0.1, -0.05) is 18.2 Å². The predicted octanol–water partition coefficient (Wildman–Crippen LogP) is 2.02. The van der Waals surface area contributed by atoms with Crippen LogP contribution in [-0.4, -0.2) is 60.9 Å². The summed E-state index contributed by atoms with van der Waals surface area (Å²) in [5, 5.41) is 7.97. The van der Waals surface area contributed by atoms with Crippen molar-refractivity contribution >= 4 is 11.6 Å². The highest BCUT2D eigenvalue weighted by atomic mass is 16.2. The molecule has 3 rings (SSSR count). The average Bonchev–Trinajstić information content (AvgIpc) is 3.13. The molecule has 1 aliphatic rings. The first-order valence-electron chi connectivity index (χ1n) is 8.92. The number of piperidine rings is 1. The zero-order valence-corrected chi connectivity index (χ0v) is 15.1. The van der Waals surface area contributed by atoms with Gasteiger partial charge in [-0.3, -0.25) is 9.48 Å². The van der Waals surface area contributed by atoms with Crippen LogP contribution in [0.25, 0.3) is 0 Å². The number of aromatic nitrogens is 2. The lowest BCUT2D eigenvalue weighted by Crippen LogP contribution is -2.37. The second-order valence-corrected chi connectivity index (χ2v) is 6.78. The summed E-state index contributed by atoms with van der Waals surface area (Å²) in [5.41, 5.74) is 1.41. The van der Waals surface area contributed by atoms with Crippen molar-refractivity contribution in [1.29, 1.82) is 0 Å². The normalized spacial score (nSPS) is 17.6. The van der Waals surface area contributed by atoms with Crippen molar-refractivity contribution < 1.29 is 4.79 Å². The van der Waals surface area contributed by atoms with E-state index in [-0.39, 0.29) is 5.91 Å². The van der Waals surface area contributed by atoms with E-state index in [0.29, 0.717) is 18.3 Å². The van der Waals surface area contributed by atoms with Crippen molar-refractivity contribution in [2.24, 2.45) is 0 Å². The monoisotopic (exact) mass is 341 g/mol. The number of carbonyl (C=O) groups is 1. The third kappa shape index (κ3) is 4.46. The highest BCUT2D eigenvalue weighted by Crippen LogP contribution is 2.19. The van der Waals surface area contributed by atoms with E-state index in [1.165, 1.54) is 0 Å². The standard InChI is InChI=1S/C19H27N5O/c1-22(2)13-14-23(16-7-4-3-5-8-16)19(25)18-10-12-24(21-18)17-9-6-11-20-15-17/h3-5,7-8,10,12,17,20H,6,9,11,13-15H2,1-2H3. The minimum Gasteiger partial charge on any atom is -0.315 e. The van der Waals surface area contributed by atoms with Gasteiger partial charge in [-0.2, -0.15) is 5.10 Å². The quantitative estimate of drug-likeness (QED) is 0.873. The van der Waals surface area contributed by atoms with Crippen molar-refractivity contribution in [3.63, 3.8) is 0 Å². The smallest absolute Gasteiger partial charge is 0.278 e. The van der Waals surface area contributed by atoms with Gasteiger partial charge in [0.2, 0.25) is 0 Å². The second kappa shape index (κ2) is 8.27. The van der Waals surface area contributed by atoms with Crippen molar-refractivity contribution in [1.82, 2.24) is 20.0 Å². The highest BCUT2D eigenvalue weighted by Gasteiger charge is 2.22. The maximum Gasteiger partial charge on any atom is 0.278 e. The number of para-hydroxylation sites is 1. The van der Waals surface area contributed by atoms with E-state index in [0.717, 1.165) is 38.2 Å². The van der Waals surface area contributed by atoms with Crippen LogP contribution in [0.1, 0.15) is 29.4 Å². The Kier molecular flexibility index (Phi) is 5.83. The molecule has 1 unspecified atom stereocenters. The van der Waals surface area contributed by atoms with Gasteiger partial charge in [0, 0.05) is 31.5 Å². The molecule has 1 N–H and O–H groups in total. The van der Waals surface area contributed by atoms with Gasteiger partial charge >= 0.3 is 0 Å². The average molecular weight is 341 g/mol. The molecule has 1 aliphatic heterocycles. The molecule has 1 aromatic carbocycles. The van der Waals surface area contributed by atoms with Crippen LogP contribution < -0.4 is 10.2 Å². The van der Waals surface area contributed by atoms with Crippen LogP contribution in [0.4, 0.5) is 5.69 Å². The van der Waals surface area contributed by atoms with Gasteiger partial charge in [0.25, 0.3) is 5.91 Å². The van der Waals surface area contributed by atoms with Crippen LogP contribution >= 0.6 is 0 Å². The molecule has 0 aliphatic carbocycles. The Bertz CT molecular complexity index is 676. The van der Waals surface area contributed by atoms with E-state index in [9.17, 15) is 4.79 Å². The summed E-state index contributed by atoms with van der Waals surface area (Å²) >= 11 is 0. The Morgan fingerprint density at radius 1 is 1.24 bits per heavy atom. The van der Waals surface area contributed by atoms with Crippen LogP contribution in [0, 0.1) is 0 Å². The number of nitrogens with zero attached hydrogens (tertiary/aromatic N) is 4. The van der Waals surface area contributed by atoms with Crippen molar-refractivity contribution in [2.75, 3.05) is 45.2 Å². The third-order valence-electron chi connectivity index (χ3n) is 4.56. The van der Waals surface area contributed by atoms with Gasteiger partial charge in [-0.15, -0.1) is 0 Å². The van der Waals surface area contributed by atoms with Crippen LogP contribution in [-0.2, 0) is 0 Å². The van der Waals surface area contributed by atoms with Gasteiger partial charge in [-0.25, -0.2) is 0 Å². The summed E-state index contributed by atoms with van der Waals surface area (Å²) in [5.74, 6) is -0.0458. The summed E-state index contributed by atoms with van der Waals surface area (Å²) in [6.07, 6.45) is 4.18. The number of nitrogens with one attached hydrogen (secondary N) is 1. The maximum absolute atomic E-state index is 13.1. The molecule has 0 bridgehead atoms. The third-order valence-corrected chi connectivity index (χ3v) is 4.56. The number of carbonyl (C=O) groups excluding carboxylic acids is 1. The first-order chi connectivity index (χ1) is 12.1. The molecule has 134 valence electrons. The number of hydrogen-bond donors (Lipinski definition) is 1. The van der Waals surface area contributed by atoms with E-state index in [2.05, 4.69) is 15.3 Å². The lowest BCUT2D eigenvalue weighted by Gasteiger charge is -2.24. The molecule has 0 radical (unpaired) electrons. The topological polar surface area (TPSA) is 53.4 Å². The van der Waals surface area contributed by atoms with E-state index in [1.54, 1.807) is 0 Å². The summed E-state index contributed by atoms with van der Waals surface area (Å²) in [6, 6.07) is 12.0. The van der Waals surface area contributed by atoms with Crippen LogP contribution in [0.15, 0.2) is 42.6 Å². The molecule has 25 heavy (non-hydrogen) atoms. The summed E-state index contributed by atoms with van der Waals surface area (Å²) in [4.78, 5) is 17.0. The first-order valence-corrected chi connectivity index (χ1v) is 8.92. The molecule has 1 saturated heterocycles. The van der Waals surface area contributed by atoms with Gasteiger partial charge in [0.15, 0.2) is 5.69 Å². The molecule has 1 fully saturated rings. The summed E-state index contributed by atoms with van der Waals surface area (Å²) in [7, 11) is 4.02. The predicted molar refractivity (Wildman–Crippen MR) is 100 cm³/mol. The van der Waals surface area contributed by atoms with Crippen molar-refractivity contribution in [2.45, 2.75) is 18.9 Å². The minimum absolute atomic E-state index is 0.0458. The molecule has 6 heteroatoms. The van der Waals surface area contributed by atoms with Crippen molar-refractivity contribution in [3.05, 3.63) is 48.3 Å². The molecule has 2 heterocycles. The molecule has 1 aromatic heterocycles. The lowest BCUT2D eigenvalue weighted by atomic mass is 10.1. The fraction of sp³-hybridized carbons (Fsp3) is 0.474. The molecule has 2 aromatic rings. The van der Waals surface area contributed by atoms with Gasteiger partial charge in [0.1, 0.15) is 0 Å². The molecule has 1 amide bonds. The number of hydrogen-bond acceptors (Lipinski definition) is 4. The van der Waals surface area contributed by atoms with Gasteiger partial charge < -0.3 is 15.1 Å². The molecule has 6 nitrogen and oxygen atoms in total. The summed E-state index contributed by atoms with van der Waals surface area (Å²) in [6.45, 7) is 3.41. The molecule has 0 spiro atoms. The maximum atomic E-state index is 13.1. The van der Waals surface area contributed by atoms with Gasteiger partial charge in [-0.05, 0) is 51.7 Å². The van der Waals surface area contributed by atoms with E-state index in [4.69, 9.17) is 0 Å². The molecule has 0 saturated carbocycles. The van der Waals surface area contributed by atoms with Gasteiger partial charge in [0.05, 0.1) is 6.04 Å². The van der Waals surface area contributed by atoms with E-state index >= 15 is 0 Å². The largest absolute Gasteiger partial charge is 0.315 e. The van der Waals surface area contributed by atoms with Crippen LogP contribution in [0.5, 0.6) is 0 Å². The zero-order valence-electron chi connectivity index (χ0n) is 15.1. The Morgan fingerprint density at radius 3 is 2.72 bits per heavy atom. The Balaban J connectivity index is 1.78. The number of likely N-dealkylation sites (N-methyl/N-ethyl adjacent to an activating group) is 1. The Hall–Kier alpha value is -2.18. The first kappa shape index (κ1) is 17.6. The SMILES string of the molecule is CN(C)CCN(C(=O)c1ccn(C2CCCNC2)n1)c1ccccc1. The lowest BCUT2D eigenvalue weighted by molar-refractivity contribution is 0.0979.